The van der Waals surface area contributed by atoms with Crippen molar-refractivity contribution in [3.63, 3.8) is 0 Å². The number of furan rings is 1. The minimum atomic E-state index is -3.74. The normalized spacial score (nSPS) is 19.7. The highest BCUT2D eigenvalue weighted by molar-refractivity contribution is 7.89. The summed E-state index contributed by atoms with van der Waals surface area (Å²) < 4.78 is 27.5. The van der Waals surface area contributed by atoms with Gasteiger partial charge in [0.2, 0.25) is 5.09 Å². The number of nitrogens with two attached hydrogens (primary N) is 1. The second kappa shape index (κ2) is 6.74. The number of sulfonamides is 1. The van der Waals surface area contributed by atoms with Gasteiger partial charge in [0.1, 0.15) is 5.76 Å². The summed E-state index contributed by atoms with van der Waals surface area (Å²) in [5.74, 6) is 1.31. The molecule has 0 unspecified atom stereocenters. The van der Waals surface area contributed by atoms with E-state index in [-0.39, 0.29) is 5.09 Å². The molecule has 1 aromatic rings. The molecular formula is C14H24N2O3S. The van der Waals surface area contributed by atoms with Gasteiger partial charge in [0.25, 0.3) is 10.0 Å². The molecule has 2 rings (SSSR count). The number of primary sulfonamides is 1. The standard InChI is InChI=1S/C14H24N2O3S/c1-11(12-6-4-2-3-5-7-12)16-10-13-8-9-14(19-13)20(15,17)18/h8-9,11-12,16H,2-7,10H2,1H3,(H2,15,17,18)/t11-/m1/s1. The minimum Gasteiger partial charge on any atom is -0.447 e. The number of hydrogen-bond donors (Lipinski definition) is 2. The molecule has 5 nitrogen and oxygen atoms in total. The van der Waals surface area contributed by atoms with Gasteiger partial charge in [-0.1, -0.05) is 25.7 Å². The van der Waals surface area contributed by atoms with Gasteiger partial charge in [-0.3, -0.25) is 0 Å². The summed E-state index contributed by atoms with van der Waals surface area (Å²) in [6, 6.07) is 3.48. The van der Waals surface area contributed by atoms with Gasteiger partial charge in [-0.15, -0.1) is 0 Å². The molecule has 1 aromatic heterocycles. The zero-order valence-electron chi connectivity index (χ0n) is 12.0. The first kappa shape index (κ1) is 15.5. The largest absolute Gasteiger partial charge is 0.447 e. The summed E-state index contributed by atoms with van der Waals surface area (Å²) in [5.41, 5.74) is 0. The first-order valence-corrected chi connectivity index (χ1v) is 8.86. The first-order chi connectivity index (χ1) is 9.47. The van der Waals surface area contributed by atoms with Crippen molar-refractivity contribution in [3.05, 3.63) is 17.9 Å². The number of rotatable bonds is 5. The maximum atomic E-state index is 11.1. The molecule has 3 N–H and O–H groups in total. The quantitative estimate of drug-likeness (QED) is 0.818. The third kappa shape index (κ3) is 4.33. The summed E-state index contributed by atoms with van der Waals surface area (Å²) in [4.78, 5) is 0. The van der Waals surface area contributed by atoms with Crippen LogP contribution in [0.1, 0.15) is 51.2 Å². The van der Waals surface area contributed by atoms with Crippen LogP contribution in [-0.4, -0.2) is 14.5 Å². The van der Waals surface area contributed by atoms with Crippen LogP contribution in [-0.2, 0) is 16.6 Å². The van der Waals surface area contributed by atoms with Crippen LogP contribution in [0.4, 0.5) is 0 Å². The van der Waals surface area contributed by atoms with E-state index in [9.17, 15) is 8.42 Å². The van der Waals surface area contributed by atoms with Crippen LogP contribution in [0.3, 0.4) is 0 Å². The highest BCUT2D eigenvalue weighted by Gasteiger charge is 2.19. The highest BCUT2D eigenvalue weighted by atomic mass is 32.2. The maximum Gasteiger partial charge on any atom is 0.271 e. The Morgan fingerprint density at radius 2 is 1.95 bits per heavy atom. The fraction of sp³-hybridized carbons (Fsp3) is 0.714. The lowest BCUT2D eigenvalue weighted by Crippen LogP contribution is -2.32. The zero-order chi connectivity index (χ0) is 14.6. The SMILES string of the molecule is C[C@@H](NCc1ccc(S(N)(=O)=O)o1)C1CCCCCC1. The van der Waals surface area contributed by atoms with E-state index in [2.05, 4.69) is 12.2 Å². The maximum absolute atomic E-state index is 11.1. The number of nitrogens with one attached hydrogen (secondary N) is 1. The second-order valence-corrected chi connectivity index (χ2v) is 7.18. The molecule has 1 aliphatic carbocycles. The summed E-state index contributed by atoms with van der Waals surface area (Å²) in [7, 11) is -3.74. The Morgan fingerprint density at radius 1 is 1.30 bits per heavy atom. The van der Waals surface area contributed by atoms with Gasteiger partial charge in [0, 0.05) is 6.04 Å². The van der Waals surface area contributed by atoms with Crippen molar-refractivity contribution in [2.24, 2.45) is 11.1 Å². The van der Waals surface area contributed by atoms with Gasteiger partial charge in [-0.25, -0.2) is 13.6 Å². The fourth-order valence-corrected chi connectivity index (χ4v) is 3.33. The molecule has 1 saturated carbocycles. The average Bonchev–Trinajstić information content (AvgIpc) is 2.70. The van der Waals surface area contributed by atoms with Crippen LogP contribution in [0.25, 0.3) is 0 Å². The molecule has 0 aromatic carbocycles. The minimum absolute atomic E-state index is 0.170. The third-order valence-electron chi connectivity index (χ3n) is 4.12. The Hall–Kier alpha value is -0.850. The van der Waals surface area contributed by atoms with E-state index >= 15 is 0 Å². The van der Waals surface area contributed by atoms with E-state index in [1.807, 2.05) is 0 Å². The van der Waals surface area contributed by atoms with Crippen LogP contribution < -0.4 is 10.5 Å². The third-order valence-corrected chi connectivity index (χ3v) is 4.90. The summed E-state index contributed by atoms with van der Waals surface area (Å²) in [5, 5.41) is 8.28. The molecular weight excluding hydrogens is 276 g/mol. The van der Waals surface area contributed by atoms with Crippen LogP contribution >= 0.6 is 0 Å². The molecule has 1 atom stereocenters. The van der Waals surface area contributed by atoms with Gasteiger partial charge in [0.15, 0.2) is 0 Å². The smallest absolute Gasteiger partial charge is 0.271 e. The van der Waals surface area contributed by atoms with E-state index in [0.717, 1.165) is 0 Å². The second-order valence-electron chi connectivity index (χ2n) is 5.69. The van der Waals surface area contributed by atoms with Crippen molar-refractivity contribution in [1.29, 1.82) is 0 Å². The Balaban J connectivity index is 1.86. The van der Waals surface area contributed by atoms with Gasteiger partial charge < -0.3 is 9.73 Å². The van der Waals surface area contributed by atoms with Crippen molar-refractivity contribution >= 4 is 10.0 Å². The van der Waals surface area contributed by atoms with Crippen LogP contribution in [0, 0.1) is 5.92 Å². The molecule has 1 aliphatic rings. The van der Waals surface area contributed by atoms with Crippen molar-refractivity contribution in [1.82, 2.24) is 5.32 Å². The Morgan fingerprint density at radius 3 is 2.50 bits per heavy atom. The first-order valence-electron chi connectivity index (χ1n) is 7.32. The lowest BCUT2D eigenvalue weighted by Gasteiger charge is -2.23. The van der Waals surface area contributed by atoms with Gasteiger partial charge in [-0.05, 0) is 37.8 Å². The van der Waals surface area contributed by atoms with Gasteiger partial charge >= 0.3 is 0 Å². The van der Waals surface area contributed by atoms with E-state index in [4.69, 9.17) is 9.56 Å². The van der Waals surface area contributed by atoms with Crippen molar-refractivity contribution in [2.75, 3.05) is 0 Å². The molecule has 0 radical (unpaired) electrons. The monoisotopic (exact) mass is 300 g/mol. The van der Waals surface area contributed by atoms with Crippen molar-refractivity contribution < 1.29 is 12.8 Å². The Labute approximate surface area is 121 Å². The highest BCUT2D eigenvalue weighted by Crippen LogP contribution is 2.25. The Bertz CT molecular complexity index is 516. The molecule has 114 valence electrons. The van der Waals surface area contributed by atoms with E-state index in [1.165, 1.54) is 44.6 Å². The summed E-state index contributed by atoms with van der Waals surface area (Å²) >= 11 is 0. The summed E-state index contributed by atoms with van der Waals surface area (Å²) in [6.45, 7) is 2.73. The topological polar surface area (TPSA) is 85.3 Å². The lowest BCUT2D eigenvalue weighted by molar-refractivity contribution is 0.319. The van der Waals surface area contributed by atoms with Crippen LogP contribution in [0.5, 0.6) is 0 Å². The number of hydrogen-bond acceptors (Lipinski definition) is 4. The summed E-state index contributed by atoms with van der Waals surface area (Å²) in [6.07, 6.45) is 7.86. The van der Waals surface area contributed by atoms with E-state index in [0.29, 0.717) is 24.3 Å². The molecule has 0 bridgehead atoms. The Kier molecular flexibility index (Phi) is 5.23. The lowest BCUT2D eigenvalue weighted by atomic mass is 9.93. The average molecular weight is 300 g/mol. The molecule has 20 heavy (non-hydrogen) atoms. The fourth-order valence-electron chi connectivity index (χ4n) is 2.85. The molecule has 1 fully saturated rings. The van der Waals surface area contributed by atoms with E-state index < -0.39 is 10.0 Å². The molecule has 0 spiro atoms. The molecule has 0 amide bonds. The predicted molar refractivity (Wildman–Crippen MR) is 77.6 cm³/mol. The molecule has 1 heterocycles. The van der Waals surface area contributed by atoms with Gasteiger partial charge in [0.05, 0.1) is 6.54 Å². The van der Waals surface area contributed by atoms with Crippen LogP contribution in [0.2, 0.25) is 0 Å². The van der Waals surface area contributed by atoms with Gasteiger partial charge in [-0.2, -0.15) is 0 Å². The van der Waals surface area contributed by atoms with Crippen LogP contribution in [0.15, 0.2) is 21.6 Å². The molecule has 0 aliphatic heterocycles. The van der Waals surface area contributed by atoms with E-state index in [1.54, 1.807) is 6.07 Å². The predicted octanol–water partition coefficient (Wildman–Crippen LogP) is 2.38. The molecule has 0 saturated heterocycles. The van der Waals surface area contributed by atoms with Crippen molar-refractivity contribution in [3.8, 4) is 0 Å². The van der Waals surface area contributed by atoms with Crippen molar-refractivity contribution in [2.45, 2.75) is 63.1 Å². The molecule has 6 heteroatoms. The zero-order valence-corrected chi connectivity index (χ0v) is 12.8.